The summed E-state index contributed by atoms with van der Waals surface area (Å²) in [5.74, 6) is -0.00291. The first-order chi connectivity index (χ1) is 9.99. The Morgan fingerprint density at radius 3 is 2.29 bits per heavy atom. The van der Waals surface area contributed by atoms with Crippen LogP contribution in [0.3, 0.4) is 0 Å². The van der Waals surface area contributed by atoms with Crippen molar-refractivity contribution >= 4 is 0 Å². The average molecular weight is 298 g/mol. The lowest BCUT2D eigenvalue weighted by Gasteiger charge is -2.16. The molecule has 0 atom stereocenters. The van der Waals surface area contributed by atoms with Crippen LogP contribution >= 0.6 is 0 Å². The predicted octanol–water partition coefficient (Wildman–Crippen LogP) is 4.52. The van der Waals surface area contributed by atoms with Gasteiger partial charge in [-0.15, -0.1) is 13.2 Å². The maximum Gasteiger partial charge on any atom is 0.573 e. The van der Waals surface area contributed by atoms with Crippen LogP contribution in [-0.2, 0) is 11.3 Å². The van der Waals surface area contributed by atoms with Crippen molar-refractivity contribution in [1.82, 2.24) is 0 Å². The van der Waals surface area contributed by atoms with Crippen molar-refractivity contribution in [3.63, 3.8) is 0 Å². The van der Waals surface area contributed by atoms with Crippen LogP contribution in [0.5, 0.6) is 17.2 Å². The van der Waals surface area contributed by atoms with Gasteiger partial charge in [-0.25, -0.2) is 0 Å². The highest BCUT2D eigenvalue weighted by atomic mass is 19.4. The highest BCUT2D eigenvalue weighted by Gasteiger charge is 2.33. The van der Waals surface area contributed by atoms with Gasteiger partial charge in [-0.2, -0.15) is 0 Å². The summed E-state index contributed by atoms with van der Waals surface area (Å²) in [5, 5.41) is 0. The molecule has 0 spiro atoms. The molecule has 0 fully saturated rings. The number of hydrogen-bond donors (Lipinski definition) is 0. The number of rotatable bonds is 5. The normalized spacial score (nSPS) is 11.2. The van der Waals surface area contributed by atoms with Gasteiger partial charge in [-0.05, 0) is 18.2 Å². The number of halogens is 3. The molecule has 0 heterocycles. The molecule has 112 valence electrons. The minimum atomic E-state index is -4.79. The van der Waals surface area contributed by atoms with E-state index in [9.17, 15) is 13.2 Å². The lowest BCUT2D eigenvalue weighted by molar-refractivity contribution is -0.275. The third-order valence-corrected chi connectivity index (χ3v) is 2.55. The van der Waals surface area contributed by atoms with Gasteiger partial charge in [0.1, 0.15) is 5.75 Å². The number of benzene rings is 2. The number of para-hydroxylation sites is 2. The van der Waals surface area contributed by atoms with Crippen molar-refractivity contribution in [3.8, 4) is 17.2 Å². The Hall–Kier alpha value is -2.21. The lowest BCUT2D eigenvalue weighted by Crippen LogP contribution is -2.17. The van der Waals surface area contributed by atoms with E-state index < -0.39 is 12.1 Å². The van der Waals surface area contributed by atoms with E-state index in [0.717, 1.165) is 0 Å². The molecule has 0 bridgehead atoms. The van der Waals surface area contributed by atoms with Crippen molar-refractivity contribution in [2.75, 3.05) is 7.11 Å². The minimum Gasteiger partial charge on any atom is -0.453 e. The molecule has 21 heavy (non-hydrogen) atoms. The quantitative estimate of drug-likeness (QED) is 0.812. The van der Waals surface area contributed by atoms with Crippen molar-refractivity contribution in [1.29, 1.82) is 0 Å². The summed E-state index contributed by atoms with van der Waals surface area (Å²) in [6, 6.07) is 12.8. The molecule has 0 radical (unpaired) electrons. The van der Waals surface area contributed by atoms with Crippen LogP contribution in [0.1, 0.15) is 5.56 Å². The number of alkyl halides is 3. The zero-order valence-electron chi connectivity index (χ0n) is 11.2. The minimum absolute atomic E-state index is 0.0112. The molecule has 2 aromatic carbocycles. The SMILES string of the molecule is COCc1cccc(OC(F)(F)F)c1Oc1ccccc1. The summed E-state index contributed by atoms with van der Waals surface area (Å²) >= 11 is 0. The van der Waals surface area contributed by atoms with Crippen molar-refractivity contribution in [3.05, 3.63) is 54.1 Å². The number of methoxy groups -OCH3 is 1. The molecular formula is C15H13F3O3. The summed E-state index contributed by atoms with van der Waals surface area (Å²) in [6.07, 6.45) is -4.79. The van der Waals surface area contributed by atoms with Gasteiger partial charge in [0.15, 0.2) is 11.5 Å². The molecule has 0 N–H and O–H groups in total. The van der Waals surface area contributed by atoms with E-state index in [4.69, 9.17) is 9.47 Å². The fraction of sp³-hybridized carbons (Fsp3) is 0.200. The molecule has 0 amide bonds. The highest BCUT2D eigenvalue weighted by molar-refractivity contribution is 5.48. The third-order valence-electron chi connectivity index (χ3n) is 2.55. The zero-order chi connectivity index (χ0) is 15.3. The third kappa shape index (κ3) is 4.39. The van der Waals surface area contributed by atoms with Gasteiger partial charge < -0.3 is 14.2 Å². The Balaban J connectivity index is 2.38. The van der Waals surface area contributed by atoms with Gasteiger partial charge in [-0.3, -0.25) is 0 Å². The molecule has 3 nitrogen and oxygen atoms in total. The Kier molecular flexibility index (Phi) is 4.70. The molecule has 0 aliphatic heterocycles. The summed E-state index contributed by atoms with van der Waals surface area (Å²) in [4.78, 5) is 0. The Bertz CT molecular complexity index is 582. The fourth-order valence-corrected chi connectivity index (χ4v) is 1.76. The maximum atomic E-state index is 12.5. The largest absolute Gasteiger partial charge is 0.573 e. The van der Waals surface area contributed by atoms with E-state index in [-0.39, 0.29) is 12.4 Å². The van der Waals surface area contributed by atoms with Crippen LogP contribution in [0.4, 0.5) is 13.2 Å². The van der Waals surface area contributed by atoms with E-state index in [2.05, 4.69) is 4.74 Å². The topological polar surface area (TPSA) is 27.7 Å². The standard InChI is InChI=1S/C15H13F3O3/c1-19-10-11-6-5-9-13(21-15(16,17)18)14(11)20-12-7-3-2-4-8-12/h2-9H,10H2,1H3. The Morgan fingerprint density at radius 1 is 0.952 bits per heavy atom. The van der Waals surface area contributed by atoms with Crippen LogP contribution in [0, 0.1) is 0 Å². The second-order valence-corrected chi connectivity index (χ2v) is 4.14. The van der Waals surface area contributed by atoms with Gasteiger partial charge in [-0.1, -0.05) is 30.3 Å². The molecule has 0 saturated heterocycles. The smallest absolute Gasteiger partial charge is 0.453 e. The maximum absolute atomic E-state index is 12.5. The first-order valence-electron chi connectivity index (χ1n) is 6.09. The molecule has 0 unspecified atom stereocenters. The van der Waals surface area contributed by atoms with E-state index in [0.29, 0.717) is 11.3 Å². The molecule has 0 aromatic heterocycles. The van der Waals surface area contributed by atoms with Gasteiger partial charge in [0.25, 0.3) is 0 Å². The molecule has 2 aromatic rings. The second kappa shape index (κ2) is 6.49. The lowest BCUT2D eigenvalue weighted by atomic mass is 10.2. The van der Waals surface area contributed by atoms with Gasteiger partial charge in [0.2, 0.25) is 0 Å². The number of hydrogen-bond acceptors (Lipinski definition) is 3. The van der Waals surface area contributed by atoms with E-state index in [1.54, 1.807) is 36.4 Å². The molecule has 6 heteroatoms. The van der Waals surface area contributed by atoms with Gasteiger partial charge in [0, 0.05) is 12.7 Å². The molecular weight excluding hydrogens is 285 g/mol. The summed E-state index contributed by atoms with van der Waals surface area (Å²) in [6.45, 7) is 0.108. The predicted molar refractivity (Wildman–Crippen MR) is 70.4 cm³/mol. The molecule has 0 aliphatic carbocycles. The monoisotopic (exact) mass is 298 g/mol. The van der Waals surface area contributed by atoms with E-state index in [1.165, 1.54) is 19.2 Å². The highest BCUT2D eigenvalue weighted by Crippen LogP contribution is 2.38. The van der Waals surface area contributed by atoms with Crippen LogP contribution in [0.2, 0.25) is 0 Å². The molecule has 2 rings (SSSR count). The summed E-state index contributed by atoms with van der Waals surface area (Å²) in [5.41, 5.74) is 0.461. The van der Waals surface area contributed by atoms with Gasteiger partial charge >= 0.3 is 6.36 Å². The van der Waals surface area contributed by atoms with Crippen molar-refractivity contribution < 1.29 is 27.4 Å². The van der Waals surface area contributed by atoms with Crippen LogP contribution in [0.25, 0.3) is 0 Å². The van der Waals surface area contributed by atoms with Crippen LogP contribution in [-0.4, -0.2) is 13.5 Å². The van der Waals surface area contributed by atoms with Crippen LogP contribution in [0.15, 0.2) is 48.5 Å². The molecule has 0 aliphatic rings. The Morgan fingerprint density at radius 2 is 1.67 bits per heavy atom. The van der Waals surface area contributed by atoms with Crippen molar-refractivity contribution in [2.24, 2.45) is 0 Å². The fourth-order valence-electron chi connectivity index (χ4n) is 1.76. The summed E-state index contributed by atoms with van der Waals surface area (Å²) in [7, 11) is 1.45. The van der Waals surface area contributed by atoms with E-state index >= 15 is 0 Å². The van der Waals surface area contributed by atoms with Crippen molar-refractivity contribution in [2.45, 2.75) is 13.0 Å². The number of ether oxygens (including phenoxy) is 3. The summed E-state index contributed by atoms with van der Waals surface area (Å²) < 4.78 is 51.9. The van der Waals surface area contributed by atoms with Crippen LogP contribution < -0.4 is 9.47 Å². The second-order valence-electron chi connectivity index (χ2n) is 4.14. The van der Waals surface area contributed by atoms with Gasteiger partial charge in [0.05, 0.1) is 6.61 Å². The zero-order valence-corrected chi connectivity index (χ0v) is 11.2. The Labute approximate surface area is 119 Å². The van der Waals surface area contributed by atoms with E-state index in [1.807, 2.05) is 0 Å². The molecule has 0 saturated carbocycles. The first-order valence-corrected chi connectivity index (χ1v) is 6.09. The first kappa shape index (κ1) is 15.2. The average Bonchev–Trinajstić information content (AvgIpc) is 2.42.